The van der Waals surface area contributed by atoms with Gasteiger partial charge in [-0.05, 0) is 24.6 Å². The number of amides is 4. The van der Waals surface area contributed by atoms with E-state index in [-0.39, 0.29) is 5.56 Å². The van der Waals surface area contributed by atoms with Crippen molar-refractivity contribution in [1.29, 1.82) is 0 Å². The van der Waals surface area contributed by atoms with Crippen molar-refractivity contribution in [2.45, 2.75) is 18.6 Å². The number of carbonyl (C=O) groups excluding carboxylic acids is 3. The maximum absolute atomic E-state index is 13.1. The quantitative estimate of drug-likeness (QED) is 0.658. The molecular weight excluding hydrogens is 431 g/mol. The first kappa shape index (κ1) is 22.9. The minimum atomic E-state index is -4.62. The number of methoxy groups -OCH3 is 2. The van der Waals surface area contributed by atoms with Crippen LogP contribution >= 0.6 is 0 Å². The molecule has 2 aromatic rings. The lowest BCUT2D eigenvalue weighted by Crippen LogP contribution is -2.42. The van der Waals surface area contributed by atoms with Crippen molar-refractivity contribution in [2.24, 2.45) is 0 Å². The Balaban J connectivity index is 1.79. The molecule has 170 valence electrons. The molecule has 1 aliphatic rings. The van der Waals surface area contributed by atoms with Gasteiger partial charge in [-0.15, -0.1) is 0 Å². The second kappa shape index (κ2) is 8.40. The van der Waals surface area contributed by atoms with Gasteiger partial charge < -0.3 is 20.1 Å². The average Bonchev–Trinajstić information content (AvgIpc) is 2.96. The van der Waals surface area contributed by atoms with Gasteiger partial charge in [0.2, 0.25) is 5.91 Å². The molecule has 8 nitrogen and oxygen atoms in total. The third-order valence-corrected chi connectivity index (χ3v) is 4.98. The van der Waals surface area contributed by atoms with E-state index in [2.05, 4.69) is 10.6 Å². The van der Waals surface area contributed by atoms with Gasteiger partial charge in [-0.3, -0.25) is 14.5 Å². The number of nitrogens with one attached hydrogen (secondary N) is 2. The van der Waals surface area contributed by atoms with Crippen LogP contribution in [0.4, 0.5) is 23.7 Å². The molecule has 0 saturated carbocycles. The van der Waals surface area contributed by atoms with Crippen LogP contribution in [0.25, 0.3) is 0 Å². The Morgan fingerprint density at radius 3 is 2.28 bits per heavy atom. The highest BCUT2D eigenvalue weighted by molar-refractivity contribution is 6.10. The van der Waals surface area contributed by atoms with E-state index < -0.39 is 41.7 Å². The first-order chi connectivity index (χ1) is 15.0. The number of benzene rings is 2. The van der Waals surface area contributed by atoms with Gasteiger partial charge in [-0.1, -0.05) is 12.1 Å². The number of hydrogen-bond acceptors (Lipinski definition) is 5. The van der Waals surface area contributed by atoms with E-state index in [1.54, 1.807) is 6.07 Å². The third-order valence-electron chi connectivity index (χ3n) is 4.98. The van der Waals surface area contributed by atoms with Crippen molar-refractivity contribution in [3.8, 4) is 11.5 Å². The van der Waals surface area contributed by atoms with Gasteiger partial charge in [-0.25, -0.2) is 4.79 Å². The van der Waals surface area contributed by atoms with E-state index >= 15 is 0 Å². The number of carbonyl (C=O) groups is 3. The highest BCUT2D eigenvalue weighted by Gasteiger charge is 2.50. The summed E-state index contributed by atoms with van der Waals surface area (Å²) in [5.41, 5.74) is -2.45. The van der Waals surface area contributed by atoms with Crippen molar-refractivity contribution < 1.29 is 37.0 Å². The van der Waals surface area contributed by atoms with Crippen molar-refractivity contribution in [3.05, 3.63) is 53.6 Å². The van der Waals surface area contributed by atoms with Crippen LogP contribution in [-0.4, -0.2) is 43.5 Å². The summed E-state index contributed by atoms with van der Waals surface area (Å²) in [6.45, 7) is 0.645. The molecule has 2 N–H and O–H groups in total. The molecule has 1 aliphatic heterocycles. The first-order valence-electron chi connectivity index (χ1n) is 9.32. The van der Waals surface area contributed by atoms with Crippen LogP contribution < -0.4 is 20.1 Å². The highest BCUT2D eigenvalue weighted by Crippen LogP contribution is 2.34. The Bertz CT molecular complexity index is 1050. The fourth-order valence-corrected chi connectivity index (χ4v) is 3.27. The third kappa shape index (κ3) is 4.46. The molecular formula is C21H20F3N3O5. The van der Waals surface area contributed by atoms with Crippen molar-refractivity contribution in [1.82, 2.24) is 10.2 Å². The Morgan fingerprint density at radius 1 is 1.09 bits per heavy atom. The topological polar surface area (TPSA) is 97.0 Å². The van der Waals surface area contributed by atoms with Crippen LogP contribution in [0.2, 0.25) is 0 Å². The summed E-state index contributed by atoms with van der Waals surface area (Å²) < 4.78 is 49.4. The summed E-state index contributed by atoms with van der Waals surface area (Å²) >= 11 is 0. The molecule has 1 heterocycles. The second-order valence-electron chi connectivity index (χ2n) is 7.17. The molecule has 0 radical (unpaired) electrons. The molecule has 1 fully saturated rings. The fourth-order valence-electron chi connectivity index (χ4n) is 3.27. The SMILES string of the molecule is COc1cc(NC(=O)CN2C(=O)NC(C)(c3cccc(C(F)(F)F)c3)C2=O)cc(OC)c1. The standard InChI is InChI=1S/C21H20F3N3O5/c1-20(12-5-4-6-13(7-12)21(22,23)24)18(29)27(19(30)26-20)11-17(28)25-14-8-15(31-2)10-16(9-14)32-3/h4-10H,11H2,1-3H3,(H,25,28)(H,26,30). The predicted molar refractivity (Wildman–Crippen MR) is 107 cm³/mol. The van der Waals surface area contributed by atoms with Crippen molar-refractivity contribution in [3.63, 3.8) is 0 Å². The van der Waals surface area contributed by atoms with E-state index in [1.807, 2.05) is 0 Å². The van der Waals surface area contributed by atoms with Gasteiger partial charge in [0.15, 0.2) is 0 Å². The van der Waals surface area contributed by atoms with Crippen LogP contribution in [0.15, 0.2) is 42.5 Å². The first-order valence-corrected chi connectivity index (χ1v) is 9.32. The van der Waals surface area contributed by atoms with Crippen molar-refractivity contribution in [2.75, 3.05) is 26.1 Å². The number of ether oxygens (including phenoxy) is 2. The minimum Gasteiger partial charge on any atom is -0.497 e. The smallest absolute Gasteiger partial charge is 0.416 e. The lowest BCUT2D eigenvalue weighted by atomic mass is 9.90. The Hall–Kier alpha value is -3.76. The van der Waals surface area contributed by atoms with Gasteiger partial charge in [0.25, 0.3) is 5.91 Å². The maximum atomic E-state index is 13.1. The zero-order valence-electron chi connectivity index (χ0n) is 17.4. The molecule has 2 aromatic carbocycles. The van der Waals surface area contributed by atoms with E-state index in [0.29, 0.717) is 22.1 Å². The average molecular weight is 451 g/mol. The molecule has 4 amide bonds. The number of nitrogens with zero attached hydrogens (tertiary/aromatic N) is 1. The van der Waals surface area contributed by atoms with Crippen molar-refractivity contribution >= 4 is 23.5 Å². The normalized spacial score (nSPS) is 18.4. The molecule has 1 unspecified atom stereocenters. The molecule has 0 aromatic heterocycles. The summed E-state index contributed by atoms with van der Waals surface area (Å²) in [6.07, 6.45) is -4.62. The molecule has 1 saturated heterocycles. The van der Waals surface area contributed by atoms with Gasteiger partial charge in [0.1, 0.15) is 23.6 Å². The van der Waals surface area contributed by atoms with Crippen LogP contribution in [0.3, 0.4) is 0 Å². The van der Waals surface area contributed by atoms with E-state index in [0.717, 1.165) is 18.2 Å². The number of alkyl halides is 3. The van der Waals surface area contributed by atoms with Gasteiger partial charge in [0, 0.05) is 23.9 Å². The largest absolute Gasteiger partial charge is 0.497 e. The summed E-state index contributed by atoms with van der Waals surface area (Å²) in [4.78, 5) is 38.4. The zero-order chi connectivity index (χ0) is 23.7. The van der Waals surface area contributed by atoms with E-state index in [4.69, 9.17) is 9.47 Å². The van der Waals surface area contributed by atoms with E-state index in [1.165, 1.54) is 39.3 Å². The summed E-state index contributed by atoms with van der Waals surface area (Å²) in [6, 6.07) is 7.83. The molecule has 0 bridgehead atoms. The van der Waals surface area contributed by atoms with Gasteiger partial charge in [0.05, 0.1) is 19.8 Å². The zero-order valence-corrected chi connectivity index (χ0v) is 17.4. The number of imide groups is 1. The van der Waals surface area contributed by atoms with Crippen LogP contribution in [-0.2, 0) is 21.3 Å². The molecule has 0 spiro atoms. The van der Waals surface area contributed by atoms with Crippen LogP contribution in [0.5, 0.6) is 11.5 Å². The fraction of sp³-hybridized carbons (Fsp3) is 0.286. The maximum Gasteiger partial charge on any atom is 0.416 e. The summed E-state index contributed by atoms with van der Waals surface area (Å²) in [7, 11) is 2.87. The monoisotopic (exact) mass is 451 g/mol. The minimum absolute atomic E-state index is 0.0499. The van der Waals surface area contributed by atoms with Crippen LogP contribution in [0, 0.1) is 0 Å². The lowest BCUT2D eigenvalue weighted by Gasteiger charge is -2.23. The Labute approximate surface area is 181 Å². The van der Waals surface area contributed by atoms with Crippen LogP contribution in [0.1, 0.15) is 18.1 Å². The van der Waals surface area contributed by atoms with E-state index in [9.17, 15) is 27.6 Å². The molecule has 11 heteroatoms. The number of rotatable bonds is 6. The highest BCUT2D eigenvalue weighted by atomic mass is 19.4. The lowest BCUT2D eigenvalue weighted by molar-refractivity contribution is -0.138. The Kier molecular flexibility index (Phi) is 6.02. The summed E-state index contributed by atoms with van der Waals surface area (Å²) in [5, 5.41) is 4.91. The molecule has 0 aliphatic carbocycles. The van der Waals surface area contributed by atoms with Gasteiger partial charge >= 0.3 is 12.2 Å². The number of anilines is 1. The Morgan fingerprint density at radius 2 is 1.72 bits per heavy atom. The summed E-state index contributed by atoms with van der Waals surface area (Å²) in [5.74, 6) is -0.726. The molecule has 32 heavy (non-hydrogen) atoms. The second-order valence-corrected chi connectivity index (χ2v) is 7.17. The van der Waals surface area contributed by atoms with Gasteiger partial charge in [-0.2, -0.15) is 13.2 Å². The number of hydrogen-bond donors (Lipinski definition) is 2. The molecule has 1 atom stereocenters. The number of urea groups is 1. The number of halogens is 3. The molecule has 3 rings (SSSR count). The predicted octanol–water partition coefficient (Wildman–Crippen LogP) is 3.13.